The molecule has 1 amide bonds. The molecule has 1 aromatic heterocycles. The Kier molecular flexibility index (Phi) is 5.11. The van der Waals surface area contributed by atoms with E-state index in [2.05, 4.69) is 30.5 Å². The minimum Gasteiger partial charge on any atom is -0.321 e. The maximum Gasteiger partial charge on any atom is 0.234 e. The van der Waals surface area contributed by atoms with E-state index in [1.54, 1.807) is 11.8 Å². The number of hydrogen-bond acceptors (Lipinski definition) is 3. The summed E-state index contributed by atoms with van der Waals surface area (Å²) in [5.41, 5.74) is 5.18. The fraction of sp³-hybridized carbons (Fsp3) is 0.120. The maximum atomic E-state index is 12.8. The monoisotopic (exact) mass is 411 g/mol. The number of hydrogen-bond donors (Lipinski definition) is 0. The largest absolute Gasteiger partial charge is 0.321 e. The van der Waals surface area contributed by atoms with Crippen LogP contribution in [0.1, 0.15) is 16.5 Å². The molecule has 1 aliphatic heterocycles. The second-order valence-electron chi connectivity index (χ2n) is 7.25. The Labute approximate surface area is 180 Å². The van der Waals surface area contributed by atoms with Crippen LogP contribution in [-0.4, -0.2) is 26.3 Å². The highest BCUT2D eigenvalue weighted by atomic mass is 32.2. The van der Waals surface area contributed by atoms with Crippen LogP contribution >= 0.6 is 11.8 Å². The molecule has 1 saturated heterocycles. The highest BCUT2D eigenvalue weighted by Crippen LogP contribution is 2.43. The number of thioether (sulfide) groups is 1. The first-order valence-corrected chi connectivity index (χ1v) is 11.0. The number of carbonyl (C=O) groups excluding carboxylic acids is 1. The van der Waals surface area contributed by atoms with Crippen molar-refractivity contribution in [3.8, 4) is 16.9 Å². The Morgan fingerprint density at radius 2 is 1.50 bits per heavy atom. The van der Waals surface area contributed by atoms with Crippen molar-refractivity contribution in [2.24, 2.45) is 0 Å². The van der Waals surface area contributed by atoms with Gasteiger partial charge in [0.15, 0.2) is 0 Å². The SMILES string of the molecule is O=C1CS[C@H](c2cn(-c3ccccc3)nc2-c2ccccc2)N1Cc1ccccc1. The van der Waals surface area contributed by atoms with Crippen LogP contribution in [0.3, 0.4) is 0 Å². The summed E-state index contributed by atoms with van der Waals surface area (Å²) in [7, 11) is 0. The number of rotatable bonds is 5. The van der Waals surface area contributed by atoms with E-state index in [9.17, 15) is 4.79 Å². The molecule has 2 heterocycles. The molecule has 4 aromatic rings. The average molecular weight is 412 g/mol. The Bertz CT molecular complexity index is 1140. The van der Waals surface area contributed by atoms with Crippen LogP contribution < -0.4 is 0 Å². The second-order valence-corrected chi connectivity index (χ2v) is 8.32. The predicted molar refractivity (Wildman–Crippen MR) is 121 cm³/mol. The van der Waals surface area contributed by atoms with Gasteiger partial charge in [0.25, 0.3) is 0 Å². The number of amides is 1. The van der Waals surface area contributed by atoms with Gasteiger partial charge in [-0.3, -0.25) is 4.79 Å². The molecular formula is C25H21N3OS. The van der Waals surface area contributed by atoms with E-state index >= 15 is 0 Å². The number of carbonyl (C=O) groups is 1. The first kappa shape index (κ1) is 18.7. The molecule has 148 valence electrons. The zero-order valence-electron chi connectivity index (χ0n) is 16.4. The van der Waals surface area contributed by atoms with Gasteiger partial charge in [0.1, 0.15) is 5.37 Å². The van der Waals surface area contributed by atoms with Crippen LogP contribution in [0.5, 0.6) is 0 Å². The summed E-state index contributed by atoms with van der Waals surface area (Å²) in [6.45, 7) is 0.599. The third kappa shape index (κ3) is 3.64. The molecule has 1 fully saturated rings. The summed E-state index contributed by atoms with van der Waals surface area (Å²) in [4.78, 5) is 14.7. The first-order chi connectivity index (χ1) is 14.8. The number of para-hydroxylation sites is 1. The van der Waals surface area contributed by atoms with Crippen LogP contribution in [0.4, 0.5) is 0 Å². The van der Waals surface area contributed by atoms with Crippen molar-refractivity contribution in [3.05, 3.63) is 108 Å². The summed E-state index contributed by atoms with van der Waals surface area (Å²) < 4.78 is 1.92. The van der Waals surface area contributed by atoms with Crippen molar-refractivity contribution >= 4 is 17.7 Å². The standard InChI is InChI=1S/C25H21N3OS/c29-23-18-30-25(27(23)16-19-10-4-1-5-11-19)22-17-28(21-14-8-3-9-15-21)26-24(22)20-12-6-2-7-13-20/h1-15,17,25H,16,18H2/t25-/m1/s1. The molecule has 0 N–H and O–H groups in total. The second kappa shape index (κ2) is 8.20. The normalized spacial score (nSPS) is 16.2. The third-order valence-corrected chi connectivity index (χ3v) is 6.48. The average Bonchev–Trinajstić information content (AvgIpc) is 3.40. The van der Waals surface area contributed by atoms with Crippen LogP contribution in [-0.2, 0) is 11.3 Å². The van der Waals surface area contributed by atoms with Crippen molar-refractivity contribution in [2.45, 2.75) is 11.9 Å². The molecule has 1 aliphatic rings. The third-order valence-electron chi connectivity index (χ3n) is 5.24. The zero-order chi connectivity index (χ0) is 20.3. The highest BCUT2D eigenvalue weighted by molar-refractivity contribution is 8.00. The van der Waals surface area contributed by atoms with Gasteiger partial charge in [0.2, 0.25) is 5.91 Å². The number of aromatic nitrogens is 2. The van der Waals surface area contributed by atoms with E-state index in [-0.39, 0.29) is 11.3 Å². The lowest BCUT2D eigenvalue weighted by Gasteiger charge is -2.24. The Hall–Kier alpha value is -3.31. The van der Waals surface area contributed by atoms with Crippen LogP contribution in [0.25, 0.3) is 16.9 Å². The van der Waals surface area contributed by atoms with Gasteiger partial charge >= 0.3 is 0 Å². The van der Waals surface area contributed by atoms with E-state index in [1.807, 2.05) is 76.3 Å². The lowest BCUT2D eigenvalue weighted by atomic mass is 10.1. The van der Waals surface area contributed by atoms with Crippen LogP contribution in [0.2, 0.25) is 0 Å². The minimum absolute atomic E-state index is 0.0645. The van der Waals surface area contributed by atoms with Crippen molar-refractivity contribution in [1.82, 2.24) is 14.7 Å². The van der Waals surface area contributed by atoms with Gasteiger partial charge in [-0.15, -0.1) is 11.8 Å². The minimum atomic E-state index is -0.0645. The van der Waals surface area contributed by atoms with E-state index in [0.29, 0.717) is 12.3 Å². The number of benzene rings is 3. The van der Waals surface area contributed by atoms with Gasteiger partial charge in [0.05, 0.1) is 17.1 Å². The van der Waals surface area contributed by atoms with Crippen molar-refractivity contribution in [2.75, 3.05) is 5.75 Å². The Morgan fingerprint density at radius 1 is 0.867 bits per heavy atom. The number of nitrogens with zero attached hydrogens (tertiary/aromatic N) is 3. The molecule has 1 atom stereocenters. The highest BCUT2D eigenvalue weighted by Gasteiger charge is 2.35. The van der Waals surface area contributed by atoms with E-state index in [4.69, 9.17) is 5.10 Å². The van der Waals surface area contributed by atoms with Gasteiger partial charge in [-0.05, 0) is 17.7 Å². The molecular weight excluding hydrogens is 390 g/mol. The maximum absolute atomic E-state index is 12.8. The topological polar surface area (TPSA) is 38.1 Å². The summed E-state index contributed by atoms with van der Waals surface area (Å²) in [5, 5.41) is 4.86. The fourth-order valence-corrected chi connectivity index (χ4v) is 4.95. The molecule has 0 radical (unpaired) electrons. The summed E-state index contributed by atoms with van der Waals surface area (Å²) >= 11 is 1.67. The molecule has 5 rings (SSSR count). The quantitative estimate of drug-likeness (QED) is 0.446. The Balaban J connectivity index is 1.58. The molecule has 0 saturated carbocycles. The lowest BCUT2D eigenvalue weighted by molar-refractivity contribution is -0.128. The smallest absolute Gasteiger partial charge is 0.234 e. The van der Waals surface area contributed by atoms with Crippen LogP contribution in [0.15, 0.2) is 97.2 Å². The molecule has 4 nitrogen and oxygen atoms in total. The van der Waals surface area contributed by atoms with Crippen LogP contribution in [0, 0.1) is 0 Å². The molecule has 3 aromatic carbocycles. The molecule has 0 bridgehead atoms. The Morgan fingerprint density at radius 3 is 2.20 bits per heavy atom. The van der Waals surface area contributed by atoms with Gasteiger partial charge in [-0.2, -0.15) is 5.10 Å². The summed E-state index contributed by atoms with van der Waals surface area (Å²) in [6.07, 6.45) is 2.08. The summed E-state index contributed by atoms with van der Waals surface area (Å²) in [6, 6.07) is 30.5. The van der Waals surface area contributed by atoms with Crippen molar-refractivity contribution in [1.29, 1.82) is 0 Å². The molecule has 0 unspecified atom stereocenters. The van der Waals surface area contributed by atoms with Crippen molar-refractivity contribution < 1.29 is 4.79 Å². The molecule has 0 aliphatic carbocycles. The lowest BCUT2D eigenvalue weighted by Crippen LogP contribution is -2.27. The first-order valence-electron chi connectivity index (χ1n) is 9.95. The van der Waals surface area contributed by atoms with Crippen molar-refractivity contribution in [3.63, 3.8) is 0 Å². The van der Waals surface area contributed by atoms with E-state index in [1.165, 1.54) is 0 Å². The molecule has 30 heavy (non-hydrogen) atoms. The van der Waals surface area contributed by atoms with Gasteiger partial charge in [-0.25, -0.2) is 4.68 Å². The van der Waals surface area contributed by atoms with Gasteiger partial charge < -0.3 is 4.90 Å². The van der Waals surface area contributed by atoms with Gasteiger partial charge in [0, 0.05) is 23.9 Å². The van der Waals surface area contributed by atoms with Gasteiger partial charge in [-0.1, -0.05) is 78.9 Å². The zero-order valence-corrected chi connectivity index (χ0v) is 17.2. The summed E-state index contributed by atoms with van der Waals surface area (Å²) in [5.74, 6) is 0.655. The molecule has 0 spiro atoms. The molecule has 5 heteroatoms. The van der Waals surface area contributed by atoms with E-state index in [0.717, 1.165) is 28.1 Å². The van der Waals surface area contributed by atoms with E-state index < -0.39 is 0 Å². The fourth-order valence-electron chi connectivity index (χ4n) is 3.76. The predicted octanol–water partition coefficient (Wildman–Crippen LogP) is 5.31.